The molecule has 0 aliphatic carbocycles. The number of hydrogen-bond acceptors (Lipinski definition) is 4. The van der Waals surface area contributed by atoms with Crippen LogP contribution in [0.5, 0.6) is 0 Å². The Labute approximate surface area is 166 Å². The fourth-order valence-electron chi connectivity index (χ4n) is 2.77. The van der Waals surface area contributed by atoms with Crippen LogP contribution in [-0.2, 0) is 16.6 Å². The van der Waals surface area contributed by atoms with Gasteiger partial charge in [0.2, 0.25) is 0 Å². The average molecular weight is 418 g/mol. The third-order valence-electron chi connectivity index (χ3n) is 4.25. The predicted molar refractivity (Wildman–Crippen MR) is 104 cm³/mol. The molecule has 0 saturated heterocycles. The van der Waals surface area contributed by atoms with Gasteiger partial charge in [0.15, 0.2) is 0 Å². The third-order valence-corrected chi connectivity index (χ3v) is 6.04. The Balaban J connectivity index is 2.09. The predicted octanol–water partition coefficient (Wildman–Crippen LogP) is 4.58. The maximum absolute atomic E-state index is 14.2. The number of rotatable bonds is 6. The first-order valence-electron chi connectivity index (χ1n) is 8.46. The number of halogens is 2. The summed E-state index contributed by atoms with van der Waals surface area (Å²) in [6.07, 6.45) is 0. The van der Waals surface area contributed by atoms with E-state index in [1.807, 2.05) is 0 Å². The maximum atomic E-state index is 14.2. The Morgan fingerprint density at radius 3 is 2.28 bits per heavy atom. The van der Waals surface area contributed by atoms with Crippen LogP contribution < -0.4 is 4.31 Å². The highest BCUT2D eigenvalue weighted by Crippen LogP contribution is 2.28. The fourth-order valence-corrected chi connectivity index (χ4v) is 4.20. The molecule has 0 spiro atoms. The summed E-state index contributed by atoms with van der Waals surface area (Å²) in [4.78, 5) is 10.0. The van der Waals surface area contributed by atoms with Gasteiger partial charge in [0.1, 0.15) is 11.6 Å². The molecule has 0 saturated carbocycles. The quantitative estimate of drug-likeness (QED) is 0.434. The van der Waals surface area contributed by atoms with Crippen molar-refractivity contribution in [2.75, 3.05) is 4.31 Å². The number of nitrogens with zero attached hydrogens (tertiary/aromatic N) is 2. The first-order chi connectivity index (χ1) is 13.7. The van der Waals surface area contributed by atoms with Gasteiger partial charge in [-0.3, -0.25) is 14.4 Å². The minimum absolute atomic E-state index is 0.0154. The van der Waals surface area contributed by atoms with Crippen LogP contribution >= 0.6 is 0 Å². The Morgan fingerprint density at radius 1 is 1.00 bits per heavy atom. The Hall–Kier alpha value is -3.33. The van der Waals surface area contributed by atoms with E-state index in [1.54, 1.807) is 31.2 Å². The first-order valence-corrected chi connectivity index (χ1v) is 9.90. The molecule has 0 N–H and O–H groups in total. The number of hydrogen-bond donors (Lipinski definition) is 0. The monoisotopic (exact) mass is 418 g/mol. The molecule has 0 heterocycles. The molecule has 0 aromatic heterocycles. The lowest BCUT2D eigenvalue weighted by Crippen LogP contribution is -2.31. The van der Waals surface area contributed by atoms with E-state index in [4.69, 9.17) is 0 Å². The number of nitro benzene ring substituents is 1. The van der Waals surface area contributed by atoms with Crippen LogP contribution in [0.4, 0.5) is 20.2 Å². The Bertz CT molecular complexity index is 1170. The van der Waals surface area contributed by atoms with E-state index in [0.29, 0.717) is 6.07 Å². The van der Waals surface area contributed by atoms with Crippen molar-refractivity contribution in [3.05, 3.63) is 99.6 Å². The molecule has 3 aromatic carbocycles. The number of sulfonamides is 1. The summed E-state index contributed by atoms with van der Waals surface area (Å²) in [7, 11) is -4.19. The molecule has 9 heteroatoms. The molecule has 0 radical (unpaired) electrons. The average Bonchev–Trinajstić information content (AvgIpc) is 2.67. The summed E-state index contributed by atoms with van der Waals surface area (Å²) in [5, 5.41) is 10.8. The van der Waals surface area contributed by atoms with Gasteiger partial charge in [0.25, 0.3) is 15.7 Å². The second-order valence-electron chi connectivity index (χ2n) is 6.34. The zero-order valence-electron chi connectivity index (χ0n) is 15.2. The van der Waals surface area contributed by atoms with Gasteiger partial charge >= 0.3 is 0 Å². The zero-order valence-corrected chi connectivity index (χ0v) is 16.1. The standard InChI is InChI=1S/C20H16F2N2O4S/c1-14-3-2-4-18(11-14)23(13-15-5-6-16(21)12-20(15)22)29(27,28)19-9-7-17(8-10-19)24(25)26/h2-12H,13H2,1H3. The van der Waals surface area contributed by atoms with Gasteiger partial charge < -0.3 is 0 Å². The summed E-state index contributed by atoms with van der Waals surface area (Å²) in [5.74, 6) is -1.65. The molecular weight excluding hydrogens is 402 g/mol. The highest BCUT2D eigenvalue weighted by molar-refractivity contribution is 7.92. The molecule has 3 rings (SSSR count). The van der Waals surface area contributed by atoms with Gasteiger partial charge in [-0.05, 0) is 42.8 Å². The van der Waals surface area contributed by atoms with Crippen LogP contribution in [0.2, 0.25) is 0 Å². The van der Waals surface area contributed by atoms with Gasteiger partial charge in [-0.15, -0.1) is 0 Å². The molecule has 0 fully saturated rings. The van der Waals surface area contributed by atoms with Gasteiger partial charge in [0.05, 0.1) is 22.1 Å². The molecule has 0 aliphatic heterocycles. The highest BCUT2D eigenvalue weighted by Gasteiger charge is 2.27. The van der Waals surface area contributed by atoms with Crippen molar-refractivity contribution in [3.8, 4) is 0 Å². The summed E-state index contributed by atoms with van der Waals surface area (Å²) in [6.45, 7) is 1.40. The van der Waals surface area contributed by atoms with Crippen molar-refractivity contribution in [3.63, 3.8) is 0 Å². The largest absolute Gasteiger partial charge is 0.269 e. The Kier molecular flexibility index (Phi) is 5.60. The molecule has 29 heavy (non-hydrogen) atoms. The van der Waals surface area contributed by atoms with Gasteiger partial charge in [-0.25, -0.2) is 17.2 Å². The minimum atomic E-state index is -4.19. The molecule has 150 valence electrons. The van der Waals surface area contributed by atoms with Crippen molar-refractivity contribution in [2.45, 2.75) is 18.4 Å². The second-order valence-corrected chi connectivity index (χ2v) is 8.20. The highest BCUT2D eigenvalue weighted by atomic mass is 32.2. The van der Waals surface area contributed by atoms with E-state index < -0.39 is 26.6 Å². The fraction of sp³-hybridized carbons (Fsp3) is 0.100. The number of non-ortho nitro benzene ring substituents is 1. The van der Waals surface area contributed by atoms with E-state index in [9.17, 15) is 27.3 Å². The molecule has 3 aromatic rings. The van der Waals surface area contributed by atoms with Crippen molar-refractivity contribution in [2.24, 2.45) is 0 Å². The molecular formula is C20H16F2N2O4S. The lowest BCUT2D eigenvalue weighted by molar-refractivity contribution is -0.384. The summed E-state index contributed by atoms with van der Waals surface area (Å²) in [5.41, 5.74) is 0.798. The minimum Gasteiger partial charge on any atom is -0.262 e. The third kappa shape index (κ3) is 4.40. The maximum Gasteiger partial charge on any atom is 0.269 e. The topological polar surface area (TPSA) is 80.5 Å². The van der Waals surface area contributed by atoms with E-state index in [1.165, 1.54) is 6.07 Å². The van der Waals surface area contributed by atoms with Crippen LogP contribution in [0.3, 0.4) is 0 Å². The van der Waals surface area contributed by atoms with Gasteiger partial charge in [-0.1, -0.05) is 18.2 Å². The van der Waals surface area contributed by atoms with E-state index in [-0.39, 0.29) is 28.4 Å². The first kappa shape index (κ1) is 20.4. The zero-order chi connectivity index (χ0) is 21.2. The molecule has 0 amide bonds. The van der Waals surface area contributed by atoms with E-state index >= 15 is 0 Å². The summed E-state index contributed by atoms with van der Waals surface area (Å²) in [6, 6.07) is 13.9. The lowest BCUT2D eigenvalue weighted by Gasteiger charge is -2.25. The van der Waals surface area contributed by atoms with E-state index in [2.05, 4.69) is 0 Å². The normalized spacial score (nSPS) is 11.3. The van der Waals surface area contributed by atoms with Crippen molar-refractivity contribution in [1.29, 1.82) is 0 Å². The summed E-state index contributed by atoms with van der Waals surface area (Å²) < 4.78 is 55.0. The number of nitro groups is 1. The van der Waals surface area contributed by atoms with Crippen LogP contribution in [0.1, 0.15) is 11.1 Å². The van der Waals surface area contributed by atoms with Crippen LogP contribution in [0, 0.1) is 28.7 Å². The van der Waals surface area contributed by atoms with Crippen molar-refractivity contribution in [1.82, 2.24) is 0 Å². The molecule has 0 aliphatic rings. The van der Waals surface area contributed by atoms with Crippen molar-refractivity contribution < 1.29 is 22.1 Å². The second kappa shape index (κ2) is 7.96. The van der Waals surface area contributed by atoms with E-state index in [0.717, 1.165) is 40.2 Å². The number of aryl methyl sites for hydroxylation is 1. The smallest absolute Gasteiger partial charge is 0.262 e. The van der Waals surface area contributed by atoms with Crippen LogP contribution in [0.25, 0.3) is 0 Å². The van der Waals surface area contributed by atoms with Crippen LogP contribution in [0.15, 0.2) is 71.6 Å². The number of anilines is 1. The molecule has 0 unspecified atom stereocenters. The molecule has 0 bridgehead atoms. The Morgan fingerprint density at radius 2 is 1.69 bits per heavy atom. The van der Waals surface area contributed by atoms with Gasteiger partial charge in [0, 0.05) is 23.8 Å². The van der Waals surface area contributed by atoms with Gasteiger partial charge in [-0.2, -0.15) is 0 Å². The SMILES string of the molecule is Cc1cccc(N(Cc2ccc(F)cc2F)S(=O)(=O)c2ccc([N+](=O)[O-])cc2)c1. The van der Waals surface area contributed by atoms with Crippen LogP contribution in [-0.4, -0.2) is 13.3 Å². The molecule has 6 nitrogen and oxygen atoms in total. The molecule has 0 atom stereocenters. The number of benzene rings is 3. The summed E-state index contributed by atoms with van der Waals surface area (Å²) >= 11 is 0. The van der Waals surface area contributed by atoms with Crippen molar-refractivity contribution >= 4 is 21.4 Å². The lowest BCUT2D eigenvalue weighted by atomic mass is 10.2.